The zero-order valence-corrected chi connectivity index (χ0v) is 14.0. The predicted molar refractivity (Wildman–Crippen MR) is 96.4 cm³/mol. The Morgan fingerprint density at radius 1 is 1.21 bits per heavy atom. The van der Waals surface area contributed by atoms with E-state index in [-0.39, 0.29) is 6.04 Å². The van der Waals surface area contributed by atoms with Crippen LogP contribution in [0.2, 0.25) is 0 Å². The molecule has 2 aliphatic heterocycles. The maximum absolute atomic E-state index is 5.19. The minimum absolute atomic E-state index is 0.188. The quantitative estimate of drug-likeness (QED) is 0.778. The van der Waals surface area contributed by atoms with Gasteiger partial charge in [0.25, 0.3) is 0 Å². The summed E-state index contributed by atoms with van der Waals surface area (Å²) in [7, 11) is 0. The molecule has 3 nitrogen and oxygen atoms in total. The van der Waals surface area contributed by atoms with Crippen LogP contribution in [0.15, 0.2) is 65.5 Å². The Morgan fingerprint density at radius 2 is 2.12 bits per heavy atom. The minimum atomic E-state index is 0.188. The molecule has 0 saturated heterocycles. The number of rotatable bonds is 3. The summed E-state index contributed by atoms with van der Waals surface area (Å²) in [4.78, 5) is 12.4. The SMILES string of the molecule is CCCC1=CC=CC2=NC(c3ccccn3)C3C4C=CC(C4)C3N12. The summed E-state index contributed by atoms with van der Waals surface area (Å²) in [6.07, 6.45) is 17.0. The maximum atomic E-state index is 5.19. The van der Waals surface area contributed by atoms with Gasteiger partial charge in [-0.25, -0.2) is 0 Å². The van der Waals surface area contributed by atoms with Crippen LogP contribution in [-0.2, 0) is 0 Å². The molecule has 5 rings (SSSR count). The predicted octanol–water partition coefficient (Wildman–Crippen LogP) is 4.28. The fourth-order valence-electron chi connectivity index (χ4n) is 5.12. The number of nitrogens with zero attached hydrogens (tertiary/aromatic N) is 3. The smallest absolute Gasteiger partial charge is 0.128 e. The number of amidine groups is 1. The number of hydrogen-bond donors (Lipinski definition) is 0. The summed E-state index contributed by atoms with van der Waals surface area (Å²) in [5, 5.41) is 0. The Hall–Kier alpha value is -2.16. The fourth-order valence-corrected chi connectivity index (χ4v) is 5.12. The molecule has 1 fully saturated rings. The summed E-state index contributed by atoms with van der Waals surface area (Å²) in [6.45, 7) is 2.26. The van der Waals surface area contributed by atoms with Gasteiger partial charge in [-0.3, -0.25) is 9.98 Å². The van der Waals surface area contributed by atoms with Gasteiger partial charge >= 0.3 is 0 Å². The Labute approximate surface area is 143 Å². The van der Waals surface area contributed by atoms with Crippen LogP contribution in [0, 0.1) is 17.8 Å². The summed E-state index contributed by atoms with van der Waals surface area (Å²) in [6, 6.07) is 6.96. The monoisotopic (exact) mass is 317 g/mol. The van der Waals surface area contributed by atoms with Gasteiger partial charge in [0, 0.05) is 23.9 Å². The lowest BCUT2D eigenvalue weighted by atomic mass is 9.78. The molecule has 1 aromatic rings. The molecule has 3 heterocycles. The third kappa shape index (κ3) is 1.97. The molecule has 4 aliphatic rings. The van der Waals surface area contributed by atoms with Gasteiger partial charge in [-0.1, -0.05) is 37.6 Å². The minimum Gasteiger partial charge on any atom is -0.326 e. The van der Waals surface area contributed by atoms with E-state index in [1.165, 1.54) is 18.5 Å². The molecule has 0 N–H and O–H groups in total. The molecule has 5 unspecified atom stereocenters. The standard InChI is InChI=1S/C21H23N3/c1-2-6-16-7-5-9-18-23-20(17-8-3-4-12-22-17)19-14-10-11-15(13-14)21(19)24(16)18/h3-5,7-12,14-15,19-21H,2,6,13H2,1H3. The Balaban J connectivity index is 1.63. The van der Waals surface area contributed by atoms with Gasteiger partial charge in [-0.15, -0.1) is 0 Å². The molecule has 122 valence electrons. The molecule has 0 spiro atoms. The van der Waals surface area contributed by atoms with E-state index in [4.69, 9.17) is 4.99 Å². The fraction of sp³-hybridized carbons (Fsp3) is 0.429. The molecular formula is C21H23N3. The van der Waals surface area contributed by atoms with Crippen LogP contribution in [0.3, 0.4) is 0 Å². The summed E-state index contributed by atoms with van der Waals surface area (Å²) in [5.41, 5.74) is 2.56. The van der Waals surface area contributed by atoms with Gasteiger partial charge in [-0.2, -0.15) is 0 Å². The van der Waals surface area contributed by atoms with Gasteiger partial charge in [0.05, 0.1) is 11.7 Å². The summed E-state index contributed by atoms with van der Waals surface area (Å²) < 4.78 is 0. The first-order chi connectivity index (χ1) is 11.9. The van der Waals surface area contributed by atoms with E-state index in [1.807, 2.05) is 12.3 Å². The normalized spacial score (nSPS) is 35.5. The number of allylic oxidation sites excluding steroid dienone is 4. The molecule has 0 aromatic carbocycles. The first-order valence-electron chi connectivity index (χ1n) is 9.20. The first-order valence-corrected chi connectivity index (χ1v) is 9.20. The van der Waals surface area contributed by atoms with E-state index < -0.39 is 0 Å². The Kier molecular flexibility index (Phi) is 3.22. The van der Waals surface area contributed by atoms with Crippen molar-refractivity contribution in [1.29, 1.82) is 0 Å². The van der Waals surface area contributed by atoms with Crippen molar-refractivity contribution in [2.75, 3.05) is 0 Å². The molecule has 24 heavy (non-hydrogen) atoms. The number of hydrogen-bond acceptors (Lipinski definition) is 3. The maximum Gasteiger partial charge on any atom is 0.128 e. The lowest BCUT2D eigenvalue weighted by Gasteiger charge is -2.47. The van der Waals surface area contributed by atoms with Crippen molar-refractivity contribution in [2.24, 2.45) is 22.7 Å². The molecule has 0 radical (unpaired) electrons. The van der Waals surface area contributed by atoms with Crippen molar-refractivity contribution in [3.63, 3.8) is 0 Å². The van der Waals surface area contributed by atoms with Gasteiger partial charge < -0.3 is 4.90 Å². The van der Waals surface area contributed by atoms with E-state index >= 15 is 0 Å². The number of pyridine rings is 1. The largest absolute Gasteiger partial charge is 0.326 e. The van der Waals surface area contributed by atoms with E-state index in [2.05, 4.69) is 59.3 Å². The molecule has 5 atom stereocenters. The average Bonchev–Trinajstić information content (AvgIpc) is 3.24. The second-order valence-electron chi connectivity index (χ2n) is 7.34. The third-order valence-electron chi connectivity index (χ3n) is 6.00. The zero-order valence-electron chi connectivity index (χ0n) is 14.0. The molecule has 1 aromatic heterocycles. The van der Waals surface area contributed by atoms with Gasteiger partial charge in [0.2, 0.25) is 0 Å². The highest BCUT2D eigenvalue weighted by molar-refractivity contribution is 5.96. The highest BCUT2D eigenvalue weighted by Crippen LogP contribution is 2.55. The molecule has 2 aliphatic carbocycles. The number of aromatic nitrogens is 1. The number of fused-ring (bicyclic) bond motifs is 7. The van der Waals surface area contributed by atoms with E-state index in [0.29, 0.717) is 23.8 Å². The number of aliphatic imine (C=N–C) groups is 1. The van der Waals surface area contributed by atoms with Crippen LogP contribution < -0.4 is 0 Å². The van der Waals surface area contributed by atoms with E-state index in [9.17, 15) is 0 Å². The van der Waals surface area contributed by atoms with Crippen LogP contribution in [0.1, 0.15) is 37.9 Å². The Bertz CT molecular complexity index is 759. The lowest BCUT2D eigenvalue weighted by Crippen LogP contribution is -2.51. The molecule has 2 bridgehead atoms. The van der Waals surface area contributed by atoms with Crippen molar-refractivity contribution in [3.05, 3.63) is 66.2 Å². The first kappa shape index (κ1) is 14.2. The van der Waals surface area contributed by atoms with Crippen molar-refractivity contribution in [2.45, 2.75) is 38.3 Å². The van der Waals surface area contributed by atoms with Crippen LogP contribution in [0.4, 0.5) is 0 Å². The second kappa shape index (κ2) is 5.44. The van der Waals surface area contributed by atoms with Crippen LogP contribution in [0.5, 0.6) is 0 Å². The van der Waals surface area contributed by atoms with Crippen LogP contribution in [-0.4, -0.2) is 21.8 Å². The van der Waals surface area contributed by atoms with Gasteiger partial charge in [0.15, 0.2) is 0 Å². The van der Waals surface area contributed by atoms with Crippen molar-refractivity contribution in [3.8, 4) is 0 Å². The lowest BCUT2D eigenvalue weighted by molar-refractivity contribution is 0.190. The molecular weight excluding hydrogens is 294 g/mol. The molecule has 3 heteroatoms. The van der Waals surface area contributed by atoms with Crippen LogP contribution in [0.25, 0.3) is 0 Å². The van der Waals surface area contributed by atoms with Gasteiger partial charge in [0.1, 0.15) is 5.84 Å². The van der Waals surface area contributed by atoms with Crippen molar-refractivity contribution >= 4 is 5.84 Å². The molecule has 0 amide bonds. The van der Waals surface area contributed by atoms with Crippen molar-refractivity contribution < 1.29 is 0 Å². The zero-order chi connectivity index (χ0) is 16.1. The second-order valence-corrected chi connectivity index (χ2v) is 7.34. The van der Waals surface area contributed by atoms with Crippen molar-refractivity contribution in [1.82, 2.24) is 9.88 Å². The highest BCUT2D eigenvalue weighted by Gasteiger charge is 2.54. The third-order valence-corrected chi connectivity index (χ3v) is 6.00. The van der Waals surface area contributed by atoms with E-state index in [1.54, 1.807) is 0 Å². The average molecular weight is 317 g/mol. The topological polar surface area (TPSA) is 28.5 Å². The summed E-state index contributed by atoms with van der Waals surface area (Å²) in [5.74, 6) is 2.98. The Morgan fingerprint density at radius 3 is 2.96 bits per heavy atom. The summed E-state index contributed by atoms with van der Waals surface area (Å²) >= 11 is 0. The highest BCUT2D eigenvalue weighted by atomic mass is 15.3. The van der Waals surface area contributed by atoms with E-state index in [0.717, 1.165) is 18.0 Å². The van der Waals surface area contributed by atoms with Gasteiger partial charge in [-0.05, 0) is 49.0 Å². The molecule has 1 saturated carbocycles. The van der Waals surface area contributed by atoms with Crippen LogP contribution >= 0.6 is 0 Å².